The van der Waals surface area contributed by atoms with Crippen molar-refractivity contribution in [3.8, 4) is 0 Å². The lowest BCUT2D eigenvalue weighted by atomic mass is 9.89. The Bertz CT molecular complexity index is 449. The second kappa shape index (κ2) is 5.85. The molecule has 0 aliphatic carbocycles. The fourth-order valence-electron chi connectivity index (χ4n) is 2.99. The van der Waals surface area contributed by atoms with Gasteiger partial charge in [-0.3, -0.25) is 4.79 Å². The van der Waals surface area contributed by atoms with Crippen LogP contribution in [0.15, 0.2) is 24.3 Å². The first-order valence-corrected chi connectivity index (χ1v) is 7.14. The Morgan fingerprint density at radius 1 is 1.26 bits per heavy atom. The minimum Gasteiger partial charge on any atom is -0.381 e. The maximum Gasteiger partial charge on any atom is 0.141 e. The molecule has 0 aromatic heterocycles. The number of hydrogen-bond acceptors (Lipinski definition) is 3. The van der Waals surface area contributed by atoms with Gasteiger partial charge in [0.2, 0.25) is 0 Å². The van der Waals surface area contributed by atoms with E-state index in [0.29, 0.717) is 18.8 Å². The number of rotatable bonds is 3. The minimum absolute atomic E-state index is 0.0561. The van der Waals surface area contributed by atoms with Gasteiger partial charge in [-0.15, -0.1) is 0 Å². The minimum atomic E-state index is -0.0561. The summed E-state index contributed by atoms with van der Waals surface area (Å²) < 4.78 is 11.2. The largest absolute Gasteiger partial charge is 0.381 e. The summed E-state index contributed by atoms with van der Waals surface area (Å²) in [5, 5.41) is 0. The molecule has 2 atom stereocenters. The molecule has 3 heteroatoms. The van der Waals surface area contributed by atoms with Crippen LogP contribution in [-0.4, -0.2) is 25.6 Å². The molecule has 1 saturated heterocycles. The summed E-state index contributed by atoms with van der Waals surface area (Å²) in [5.74, 6) is 0.368. The molecule has 0 bridgehead atoms. The van der Waals surface area contributed by atoms with Crippen LogP contribution in [0.2, 0.25) is 0 Å². The third kappa shape index (κ3) is 2.88. The van der Waals surface area contributed by atoms with Crippen molar-refractivity contribution in [2.75, 3.05) is 19.8 Å². The number of ketones is 1. The van der Waals surface area contributed by atoms with E-state index in [1.165, 1.54) is 11.1 Å². The van der Waals surface area contributed by atoms with Gasteiger partial charge in [0.15, 0.2) is 0 Å². The Balaban J connectivity index is 1.68. The molecule has 0 amide bonds. The maximum atomic E-state index is 12.3. The lowest BCUT2D eigenvalue weighted by Gasteiger charge is -2.28. The van der Waals surface area contributed by atoms with Gasteiger partial charge in [-0.25, -0.2) is 0 Å². The number of hydrogen-bond donors (Lipinski definition) is 0. The summed E-state index contributed by atoms with van der Waals surface area (Å²) >= 11 is 0. The number of benzene rings is 1. The van der Waals surface area contributed by atoms with Gasteiger partial charge in [0.05, 0.1) is 19.3 Å². The molecule has 2 unspecified atom stereocenters. The van der Waals surface area contributed by atoms with Crippen LogP contribution < -0.4 is 0 Å². The summed E-state index contributed by atoms with van der Waals surface area (Å²) in [7, 11) is 0. The van der Waals surface area contributed by atoms with Crippen LogP contribution in [0.25, 0.3) is 0 Å². The van der Waals surface area contributed by atoms with Gasteiger partial charge in [-0.1, -0.05) is 24.3 Å². The Hall–Kier alpha value is -1.19. The normalized spacial score (nSPS) is 26.7. The van der Waals surface area contributed by atoms with Crippen molar-refractivity contribution in [3.63, 3.8) is 0 Å². The van der Waals surface area contributed by atoms with Crippen LogP contribution in [0.3, 0.4) is 0 Å². The first kappa shape index (κ1) is 12.8. The van der Waals surface area contributed by atoms with Gasteiger partial charge < -0.3 is 9.47 Å². The first-order chi connectivity index (χ1) is 9.34. The average Bonchev–Trinajstić information content (AvgIpc) is 2.48. The Morgan fingerprint density at radius 3 is 3.00 bits per heavy atom. The Morgan fingerprint density at radius 2 is 2.16 bits per heavy atom. The predicted molar refractivity (Wildman–Crippen MR) is 72.0 cm³/mol. The Kier molecular flexibility index (Phi) is 3.95. The van der Waals surface area contributed by atoms with Crippen LogP contribution in [0.1, 0.15) is 36.5 Å². The molecule has 2 heterocycles. The van der Waals surface area contributed by atoms with Crippen molar-refractivity contribution in [2.45, 2.75) is 31.8 Å². The molecule has 0 N–H and O–H groups in total. The lowest BCUT2D eigenvalue weighted by Crippen LogP contribution is -2.28. The monoisotopic (exact) mass is 260 g/mol. The van der Waals surface area contributed by atoms with Crippen molar-refractivity contribution >= 4 is 5.78 Å². The molecular formula is C16H20O3. The molecule has 1 aromatic rings. The van der Waals surface area contributed by atoms with Crippen molar-refractivity contribution in [3.05, 3.63) is 35.4 Å². The molecule has 3 nitrogen and oxygen atoms in total. The number of fused-ring (bicyclic) bond motifs is 1. The second-order valence-electron chi connectivity index (χ2n) is 5.39. The highest BCUT2D eigenvalue weighted by Crippen LogP contribution is 2.31. The van der Waals surface area contributed by atoms with Gasteiger partial charge in [0.25, 0.3) is 0 Å². The van der Waals surface area contributed by atoms with E-state index in [1.807, 2.05) is 6.07 Å². The number of carbonyl (C=O) groups is 1. The van der Waals surface area contributed by atoms with Crippen molar-refractivity contribution < 1.29 is 14.3 Å². The Labute approximate surface area is 113 Å². The maximum absolute atomic E-state index is 12.3. The lowest BCUT2D eigenvalue weighted by molar-refractivity contribution is -0.130. The molecule has 1 aromatic carbocycles. The van der Waals surface area contributed by atoms with E-state index in [2.05, 4.69) is 18.2 Å². The highest BCUT2D eigenvalue weighted by Gasteiger charge is 2.28. The molecule has 1 fully saturated rings. The first-order valence-electron chi connectivity index (χ1n) is 7.14. The van der Waals surface area contributed by atoms with E-state index in [9.17, 15) is 4.79 Å². The fourth-order valence-corrected chi connectivity index (χ4v) is 2.99. The summed E-state index contributed by atoms with van der Waals surface area (Å²) in [6, 6.07) is 8.30. The summed E-state index contributed by atoms with van der Waals surface area (Å²) in [6.45, 7) is 2.11. The van der Waals surface area contributed by atoms with Crippen LogP contribution >= 0.6 is 0 Å². The topological polar surface area (TPSA) is 35.5 Å². The number of Topliss-reactive ketones (excluding diaryl/α,β-unsaturated/α-hetero) is 1. The van der Waals surface area contributed by atoms with E-state index in [0.717, 1.165) is 32.5 Å². The quantitative estimate of drug-likeness (QED) is 0.838. The second-order valence-corrected chi connectivity index (χ2v) is 5.39. The van der Waals surface area contributed by atoms with E-state index in [1.54, 1.807) is 0 Å². The van der Waals surface area contributed by atoms with E-state index < -0.39 is 0 Å². The predicted octanol–water partition coefficient (Wildman–Crippen LogP) is 2.69. The van der Waals surface area contributed by atoms with Gasteiger partial charge in [0.1, 0.15) is 5.78 Å². The van der Waals surface area contributed by atoms with Gasteiger partial charge in [-0.05, 0) is 30.4 Å². The SMILES string of the molecule is O=C(CC1OCCc2ccccc21)C1CCCOC1. The molecule has 0 saturated carbocycles. The summed E-state index contributed by atoms with van der Waals surface area (Å²) in [5.41, 5.74) is 2.52. The summed E-state index contributed by atoms with van der Waals surface area (Å²) in [6.07, 6.45) is 3.35. The molecule has 3 rings (SSSR count). The highest BCUT2D eigenvalue weighted by atomic mass is 16.5. The molecule has 0 spiro atoms. The van der Waals surface area contributed by atoms with Gasteiger partial charge in [0, 0.05) is 18.9 Å². The third-order valence-corrected chi connectivity index (χ3v) is 4.09. The molecule has 0 radical (unpaired) electrons. The van der Waals surface area contributed by atoms with Crippen LogP contribution in [0.5, 0.6) is 0 Å². The number of carbonyl (C=O) groups excluding carboxylic acids is 1. The molecule has 19 heavy (non-hydrogen) atoms. The van der Waals surface area contributed by atoms with Crippen LogP contribution in [0, 0.1) is 5.92 Å². The fraction of sp³-hybridized carbons (Fsp3) is 0.562. The highest BCUT2D eigenvalue weighted by molar-refractivity contribution is 5.82. The average molecular weight is 260 g/mol. The van der Waals surface area contributed by atoms with Crippen molar-refractivity contribution in [1.29, 1.82) is 0 Å². The molecule has 102 valence electrons. The van der Waals surface area contributed by atoms with Gasteiger partial charge in [-0.2, -0.15) is 0 Å². The van der Waals surface area contributed by atoms with Crippen LogP contribution in [0.4, 0.5) is 0 Å². The smallest absolute Gasteiger partial charge is 0.141 e. The van der Waals surface area contributed by atoms with Crippen molar-refractivity contribution in [2.24, 2.45) is 5.92 Å². The molecule has 2 aliphatic heterocycles. The zero-order valence-corrected chi connectivity index (χ0v) is 11.1. The number of ether oxygens (including phenoxy) is 2. The zero-order valence-electron chi connectivity index (χ0n) is 11.1. The zero-order chi connectivity index (χ0) is 13.1. The molecule has 2 aliphatic rings. The van der Waals surface area contributed by atoms with E-state index in [4.69, 9.17) is 9.47 Å². The van der Waals surface area contributed by atoms with E-state index in [-0.39, 0.29) is 12.0 Å². The van der Waals surface area contributed by atoms with E-state index >= 15 is 0 Å². The third-order valence-electron chi connectivity index (χ3n) is 4.09. The van der Waals surface area contributed by atoms with Crippen LogP contribution in [-0.2, 0) is 20.7 Å². The van der Waals surface area contributed by atoms with Gasteiger partial charge >= 0.3 is 0 Å². The standard InChI is InChI=1S/C16H20O3/c17-15(13-5-3-8-18-11-13)10-16-14-6-2-1-4-12(14)7-9-19-16/h1-2,4,6,13,16H,3,5,7-11H2. The summed E-state index contributed by atoms with van der Waals surface area (Å²) in [4.78, 5) is 12.3. The molecular weight excluding hydrogens is 240 g/mol. The van der Waals surface area contributed by atoms with Crippen molar-refractivity contribution in [1.82, 2.24) is 0 Å².